The Morgan fingerprint density at radius 3 is 2.10 bits per heavy atom. The number of rotatable bonds is 3. The van der Waals surface area contributed by atoms with Gasteiger partial charge in [0.1, 0.15) is 16.4 Å². The Morgan fingerprint density at radius 1 is 0.762 bits per heavy atom. The lowest BCUT2D eigenvalue weighted by Gasteiger charge is -2.10. The van der Waals surface area contributed by atoms with Crippen molar-refractivity contribution in [2.24, 2.45) is 0 Å². The highest BCUT2D eigenvalue weighted by molar-refractivity contribution is 7.87. The number of hydrogen-bond acceptors (Lipinski definition) is 4. The van der Waals surface area contributed by atoms with Gasteiger partial charge in [-0.2, -0.15) is 8.42 Å². The van der Waals surface area contributed by atoms with Gasteiger partial charge in [0.2, 0.25) is 0 Å². The second kappa shape index (κ2) is 5.10. The van der Waals surface area contributed by atoms with Crippen LogP contribution in [0.1, 0.15) is 0 Å². The summed E-state index contributed by atoms with van der Waals surface area (Å²) >= 11 is 0. The van der Waals surface area contributed by atoms with E-state index in [1.807, 2.05) is 0 Å². The van der Waals surface area contributed by atoms with Gasteiger partial charge in [0.05, 0.1) is 0 Å². The van der Waals surface area contributed by atoms with E-state index in [1.54, 1.807) is 54.6 Å². The van der Waals surface area contributed by atoms with Crippen LogP contribution < -0.4 is 4.18 Å². The quantitative estimate of drug-likeness (QED) is 0.754. The van der Waals surface area contributed by atoms with Crippen molar-refractivity contribution >= 4 is 20.9 Å². The Labute approximate surface area is 122 Å². The number of benzene rings is 3. The molecule has 0 heterocycles. The minimum Gasteiger partial charge on any atom is -0.507 e. The second-order valence-electron chi connectivity index (χ2n) is 4.48. The third-order valence-corrected chi connectivity index (χ3v) is 4.39. The first-order valence-electron chi connectivity index (χ1n) is 6.28. The molecule has 0 aromatic heterocycles. The van der Waals surface area contributed by atoms with Crippen LogP contribution in [0.3, 0.4) is 0 Å². The van der Waals surface area contributed by atoms with E-state index in [2.05, 4.69) is 0 Å². The minimum absolute atomic E-state index is 0.0275. The number of para-hydroxylation sites is 1. The van der Waals surface area contributed by atoms with Gasteiger partial charge in [-0.1, -0.05) is 42.5 Å². The molecular weight excluding hydrogens is 288 g/mol. The fourth-order valence-corrected chi connectivity index (χ4v) is 3.26. The molecule has 0 bridgehead atoms. The number of phenols is 1. The van der Waals surface area contributed by atoms with Crippen LogP contribution in [0.5, 0.6) is 11.5 Å². The number of phenolic OH excluding ortho intramolecular Hbond substituents is 1. The predicted octanol–water partition coefficient (Wildman–Crippen LogP) is 3.31. The van der Waals surface area contributed by atoms with Crippen molar-refractivity contribution in [1.82, 2.24) is 0 Å². The van der Waals surface area contributed by atoms with Gasteiger partial charge >= 0.3 is 10.1 Å². The van der Waals surface area contributed by atoms with E-state index in [4.69, 9.17) is 4.18 Å². The summed E-state index contributed by atoms with van der Waals surface area (Å²) in [6.45, 7) is 0. The lowest BCUT2D eigenvalue weighted by atomic mass is 10.1. The van der Waals surface area contributed by atoms with Crippen LogP contribution >= 0.6 is 0 Å². The van der Waals surface area contributed by atoms with E-state index < -0.39 is 10.1 Å². The SMILES string of the molecule is O=S(=O)(Oc1ccccc1)c1ccc(O)c2ccccc12. The van der Waals surface area contributed by atoms with Gasteiger partial charge < -0.3 is 9.29 Å². The third-order valence-electron chi connectivity index (χ3n) is 3.08. The molecule has 4 nitrogen and oxygen atoms in total. The standard InChI is InChI=1S/C16H12O4S/c17-15-10-11-16(14-9-5-4-8-13(14)15)21(18,19)20-12-6-2-1-3-7-12/h1-11,17H. The van der Waals surface area contributed by atoms with E-state index in [0.717, 1.165) is 0 Å². The highest BCUT2D eigenvalue weighted by Crippen LogP contribution is 2.31. The molecule has 0 fully saturated rings. The van der Waals surface area contributed by atoms with E-state index in [0.29, 0.717) is 10.8 Å². The number of aromatic hydroxyl groups is 1. The lowest BCUT2D eigenvalue weighted by molar-refractivity contribution is 0.480. The van der Waals surface area contributed by atoms with E-state index >= 15 is 0 Å². The molecule has 0 saturated carbocycles. The van der Waals surface area contributed by atoms with Crippen LogP contribution in [0.4, 0.5) is 0 Å². The summed E-state index contributed by atoms with van der Waals surface area (Å²) in [5.74, 6) is 0.277. The van der Waals surface area contributed by atoms with E-state index in [9.17, 15) is 13.5 Å². The summed E-state index contributed by atoms with van der Waals surface area (Å²) in [4.78, 5) is 0.0275. The molecule has 1 N–H and O–H groups in total. The summed E-state index contributed by atoms with van der Waals surface area (Å²) in [7, 11) is -3.97. The Bertz CT molecular complexity index is 887. The minimum atomic E-state index is -3.97. The predicted molar refractivity (Wildman–Crippen MR) is 79.9 cm³/mol. The van der Waals surface area contributed by atoms with Crippen LogP contribution in [-0.4, -0.2) is 13.5 Å². The van der Waals surface area contributed by atoms with Crippen molar-refractivity contribution in [3.05, 3.63) is 66.7 Å². The monoisotopic (exact) mass is 300 g/mol. The maximum atomic E-state index is 12.4. The molecule has 3 aromatic rings. The molecule has 0 radical (unpaired) electrons. The van der Waals surface area contributed by atoms with Crippen molar-refractivity contribution in [3.8, 4) is 11.5 Å². The third kappa shape index (κ3) is 2.55. The van der Waals surface area contributed by atoms with Crippen molar-refractivity contribution in [3.63, 3.8) is 0 Å². The average molecular weight is 300 g/mol. The molecular formula is C16H12O4S. The molecule has 0 spiro atoms. The van der Waals surface area contributed by atoms with Gasteiger partial charge in [0.25, 0.3) is 0 Å². The molecule has 21 heavy (non-hydrogen) atoms. The van der Waals surface area contributed by atoms with Crippen molar-refractivity contribution in [1.29, 1.82) is 0 Å². The van der Waals surface area contributed by atoms with Gasteiger partial charge in [-0.25, -0.2) is 0 Å². The van der Waals surface area contributed by atoms with Crippen LogP contribution in [0.15, 0.2) is 71.6 Å². The van der Waals surface area contributed by atoms with Crippen LogP contribution in [0, 0.1) is 0 Å². The molecule has 0 aliphatic rings. The summed E-state index contributed by atoms with van der Waals surface area (Å²) < 4.78 is 30.0. The van der Waals surface area contributed by atoms with Gasteiger partial charge in [-0.3, -0.25) is 0 Å². The van der Waals surface area contributed by atoms with Crippen molar-refractivity contribution in [2.45, 2.75) is 4.90 Å². The summed E-state index contributed by atoms with van der Waals surface area (Å²) in [5.41, 5.74) is 0. The molecule has 0 unspecified atom stereocenters. The average Bonchev–Trinajstić information content (AvgIpc) is 2.48. The van der Waals surface area contributed by atoms with Gasteiger partial charge in [0, 0.05) is 10.8 Å². The topological polar surface area (TPSA) is 63.6 Å². The van der Waals surface area contributed by atoms with Gasteiger partial charge in [-0.15, -0.1) is 0 Å². The Balaban J connectivity index is 2.14. The molecule has 0 aliphatic heterocycles. The maximum Gasteiger partial charge on any atom is 0.339 e. The molecule has 3 rings (SSSR count). The van der Waals surface area contributed by atoms with Gasteiger partial charge in [0.15, 0.2) is 0 Å². The fraction of sp³-hybridized carbons (Fsp3) is 0. The Morgan fingerprint density at radius 2 is 1.38 bits per heavy atom. The van der Waals surface area contributed by atoms with E-state index in [1.165, 1.54) is 12.1 Å². The highest BCUT2D eigenvalue weighted by atomic mass is 32.2. The van der Waals surface area contributed by atoms with Gasteiger partial charge in [-0.05, 0) is 24.3 Å². The highest BCUT2D eigenvalue weighted by Gasteiger charge is 2.20. The summed E-state index contributed by atoms with van der Waals surface area (Å²) in [5, 5.41) is 10.7. The zero-order valence-corrected chi connectivity index (χ0v) is 11.7. The zero-order chi connectivity index (χ0) is 14.9. The first kappa shape index (κ1) is 13.5. The Kier molecular flexibility index (Phi) is 3.27. The number of fused-ring (bicyclic) bond motifs is 1. The molecule has 0 amide bonds. The van der Waals surface area contributed by atoms with Crippen molar-refractivity contribution < 1.29 is 17.7 Å². The molecule has 0 saturated heterocycles. The fourth-order valence-electron chi connectivity index (χ4n) is 2.12. The van der Waals surface area contributed by atoms with Crippen molar-refractivity contribution in [2.75, 3.05) is 0 Å². The molecule has 106 valence electrons. The summed E-state index contributed by atoms with van der Waals surface area (Å²) in [6, 6.07) is 17.7. The first-order valence-corrected chi connectivity index (χ1v) is 7.69. The van der Waals surface area contributed by atoms with Crippen LogP contribution in [-0.2, 0) is 10.1 Å². The molecule has 3 aromatic carbocycles. The lowest BCUT2D eigenvalue weighted by Crippen LogP contribution is -2.10. The molecule has 0 aliphatic carbocycles. The number of hydrogen-bond donors (Lipinski definition) is 1. The second-order valence-corrected chi connectivity index (χ2v) is 5.99. The zero-order valence-electron chi connectivity index (χ0n) is 10.9. The summed E-state index contributed by atoms with van der Waals surface area (Å²) in [6.07, 6.45) is 0. The normalized spacial score (nSPS) is 11.4. The maximum absolute atomic E-state index is 12.4. The smallest absolute Gasteiger partial charge is 0.339 e. The van der Waals surface area contributed by atoms with Crippen LogP contribution in [0.2, 0.25) is 0 Å². The Hall–Kier alpha value is -2.53. The largest absolute Gasteiger partial charge is 0.507 e. The van der Waals surface area contributed by atoms with Crippen LogP contribution in [0.25, 0.3) is 10.8 Å². The molecule has 5 heteroatoms. The van der Waals surface area contributed by atoms with E-state index in [-0.39, 0.29) is 16.4 Å². The first-order chi connectivity index (χ1) is 10.1. The molecule has 0 atom stereocenters.